The van der Waals surface area contributed by atoms with Crippen molar-refractivity contribution in [3.05, 3.63) is 11.6 Å². The molecule has 1 amide bonds. The molecular weight excluding hydrogens is 334 g/mol. The number of nitrogens with one attached hydrogen (secondary N) is 3. The highest BCUT2D eigenvalue weighted by atomic mass is 16.5. The molecule has 1 aliphatic rings. The second-order valence-electron chi connectivity index (χ2n) is 7.10. The zero-order chi connectivity index (χ0) is 19.2. The van der Waals surface area contributed by atoms with Crippen molar-refractivity contribution in [2.75, 3.05) is 27.2 Å². The van der Waals surface area contributed by atoms with Crippen LogP contribution in [0.2, 0.25) is 0 Å². The maximum atomic E-state index is 11.9. The Hall–Kier alpha value is -2.16. The van der Waals surface area contributed by atoms with E-state index < -0.39 is 5.41 Å². The Kier molecular flexibility index (Phi) is 6.96. The zero-order valence-electron chi connectivity index (χ0n) is 16.4. The van der Waals surface area contributed by atoms with Crippen LogP contribution in [0.3, 0.4) is 0 Å². The van der Waals surface area contributed by atoms with Crippen LogP contribution in [0.5, 0.6) is 0 Å². The third-order valence-electron chi connectivity index (χ3n) is 4.33. The van der Waals surface area contributed by atoms with Crippen molar-refractivity contribution in [1.29, 1.82) is 0 Å². The number of amides is 1. The van der Waals surface area contributed by atoms with Crippen molar-refractivity contribution in [2.24, 2.45) is 10.4 Å². The smallest absolute Gasteiger partial charge is 0.227 e. The predicted octanol–water partition coefficient (Wildman–Crippen LogP) is 0.0666. The summed E-state index contributed by atoms with van der Waals surface area (Å²) in [6, 6.07) is 0.209. The van der Waals surface area contributed by atoms with E-state index in [0.29, 0.717) is 13.2 Å². The number of carbonyl (C=O) groups excluding carboxylic acids is 1. The molecule has 0 bridgehead atoms. The van der Waals surface area contributed by atoms with Gasteiger partial charge in [-0.3, -0.25) is 9.79 Å². The zero-order valence-corrected chi connectivity index (χ0v) is 16.4. The summed E-state index contributed by atoms with van der Waals surface area (Å²) in [5.74, 6) is 2.41. The summed E-state index contributed by atoms with van der Waals surface area (Å²) < 4.78 is 7.04. The van der Waals surface area contributed by atoms with Gasteiger partial charge in [0, 0.05) is 33.2 Å². The number of fused-ring (bicyclic) bond motifs is 1. The Morgan fingerprint density at radius 2 is 2.23 bits per heavy atom. The van der Waals surface area contributed by atoms with Crippen LogP contribution in [0.15, 0.2) is 4.99 Å². The lowest BCUT2D eigenvalue weighted by Gasteiger charge is -2.26. The summed E-state index contributed by atoms with van der Waals surface area (Å²) >= 11 is 0. The number of ether oxygens (including phenoxy) is 1. The number of aliphatic imine (C=N–C) groups is 1. The molecule has 0 radical (unpaired) electrons. The van der Waals surface area contributed by atoms with Gasteiger partial charge in [-0.05, 0) is 27.2 Å². The van der Waals surface area contributed by atoms with Gasteiger partial charge in [-0.1, -0.05) is 0 Å². The number of hydrogen-bond acceptors (Lipinski definition) is 5. The van der Waals surface area contributed by atoms with Gasteiger partial charge in [0.15, 0.2) is 11.8 Å². The van der Waals surface area contributed by atoms with E-state index in [2.05, 4.69) is 31.0 Å². The summed E-state index contributed by atoms with van der Waals surface area (Å²) in [5.41, 5.74) is -0.558. The molecule has 0 saturated heterocycles. The van der Waals surface area contributed by atoms with Crippen LogP contribution < -0.4 is 16.0 Å². The first kappa shape index (κ1) is 20.2. The van der Waals surface area contributed by atoms with E-state index in [1.807, 2.05) is 25.5 Å². The number of aryl methyl sites for hydroxylation is 1. The topological polar surface area (TPSA) is 105 Å². The maximum absolute atomic E-state index is 11.9. The monoisotopic (exact) mass is 365 g/mol. The van der Waals surface area contributed by atoms with Gasteiger partial charge in [-0.2, -0.15) is 5.10 Å². The molecule has 3 N–H and O–H groups in total. The number of aromatic nitrogens is 3. The third kappa shape index (κ3) is 5.17. The van der Waals surface area contributed by atoms with Gasteiger partial charge >= 0.3 is 0 Å². The molecule has 1 unspecified atom stereocenters. The van der Waals surface area contributed by atoms with E-state index in [0.717, 1.165) is 43.5 Å². The van der Waals surface area contributed by atoms with E-state index in [4.69, 9.17) is 4.74 Å². The summed E-state index contributed by atoms with van der Waals surface area (Å²) in [6.07, 6.45) is 1.81. The highest BCUT2D eigenvalue weighted by molar-refractivity contribution is 5.83. The fourth-order valence-electron chi connectivity index (χ4n) is 2.87. The molecule has 0 spiro atoms. The number of methoxy groups -OCH3 is 1. The Morgan fingerprint density at radius 1 is 1.46 bits per heavy atom. The average molecular weight is 365 g/mol. The van der Waals surface area contributed by atoms with Crippen LogP contribution in [0, 0.1) is 5.41 Å². The van der Waals surface area contributed by atoms with Crippen LogP contribution in [-0.2, 0) is 29.1 Å². The molecule has 26 heavy (non-hydrogen) atoms. The Balaban J connectivity index is 2.01. The molecule has 1 aliphatic heterocycles. The molecule has 2 heterocycles. The molecule has 1 atom stereocenters. The summed E-state index contributed by atoms with van der Waals surface area (Å²) in [4.78, 5) is 21.0. The van der Waals surface area contributed by atoms with Gasteiger partial charge < -0.3 is 20.7 Å². The minimum absolute atomic E-state index is 0.0207. The van der Waals surface area contributed by atoms with E-state index in [9.17, 15) is 4.79 Å². The quantitative estimate of drug-likeness (QED) is 0.466. The van der Waals surface area contributed by atoms with Gasteiger partial charge in [0.1, 0.15) is 12.4 Å². The third-order valence-corrected chi connectivity index (χ3v) is 4.33. The molecule has 146 valence electrons. The number of guanidine groups is 1. The van der Waals surface area contributed by atoms with Crippen molar-refractivity contribution in [3.63, 3.8) is 0 Å². The van der Waals surface area contributed by atoms with Gasteiger partial charge in [0.25, 0.3) is 0 Å². The minimum atomic E-state index is -0.558. The standard InChI is InChI=1S/C17H31N7O2/c1-6-19-16(20-11-17(2,3)15(25)18-4)21-12-7-8-14-22-13(10-26-5)23-24(14)9-12/h12H,6-11H2,1-5H3,(H,18,25)(H2,19,20,21). The van der Waals surface area contributed by atoms with E-state index >= 15 is 0 Å². The minimum Gasteiger partial charge on any atom is -0.377 e. The summed E-state index contributed by atoms with van der Waals surface area (Å²) in [7, 11) is 3.29. The second kappa shape index (κ2) is 8.98. The van der Waals surface area contributed by atoms with Gasteiger partial charge in [-0.25, -0.2) is 9.67 Å². The van der Waals surface area contributed by atoms with E-state index in [1.165, 1.54) is 0 Å². The van der Waals surface area contributed by atoms with Crippen LogP contribution >= 0.6 is 0 Å². The average Bonchev–Trinajstić information content (AvgIpc) is 3.01. The van der Waals surface area contributed by atoms with E-state index in [-0.39, 0.29) is 11.9 Å². The lowest BCUT2D eigenvalue weighted by Crippen LogP contribution is -2.48. The van der Waals surface area contributed by atoms with Crippen molar-refractivity contribution >= 4 is 11.9 Å². The first-order valence-electron chi connectivity index (χ1n) is 9.08. The highest BCUT2D eigenvalue weighted by Gasteiger charge is 2.27. The number of rotatable bonds is 7. The van der Waals surface area contributed by atoms with E-state index in [1.54, 1.807) is 14.2 Å². The molecule has 0 aromatic carbocycles. The fraction of sp³-hybridized carbons (Fsp3) is 0.765. The molecule has 2 rings (SSSR count). The fourth-order valence-corrected chi connectivity index (χ4v) is 2.87. The molecule has 9 heteroatoms. The highest BCUT2D eigenvalue weighted by Crippen LogP contribution is 2.16. The molecule has 0 saturated carbocycles. The largest absolute Gasteiger partial charge is 0.377 e. The van der Waals surface area contributed by atoms with Crippen molar-refractivity contribution in [2.45, 2.75) is 52.8 Å². The molecule has 0 fully saturated rings. The predicted molar refractivity (Wildman–Crippen MR) is 99.8 cm³/mol. The number of nitrogens with zero attached hydrogens (tertiary/aromatic N) is 4. The summed E-state index contributed by atoms with van der Waals surface area (Å²) in [5, 5.41) is 13.9. The van der Waals surface area contributed by atoms with Gasteiger partial charge in [-0.15, -0.1) is 0 Å². The van der Waals surface area contributed by atoms with Crippen LogP contribution in [-0.4, -0.2) is 59.9 Å². The Labute approximate surface area is 155 Å². The van der Waals surface area contributed by atoms with Gasteiger partial charge in [0.2, 0.25) is 5.91 Å². The Bertz CT molecular complexity index is 639. The van der Waals surface area contributed by atoms with Crippen LogP contribution in [0.1, 0.15) is 38.8 Å². The lowest BCUT2D eigenvalue weighted by molar-refractivity contribution is -0.128. The second-order valence-corrected chi connectivity index (χ2v) is 7.10. The van der Waals surface area contributed by atoms with Crippen molar-refractivity contribution < 1.29 is 9.53 Å². The lowest BCUT2D eigenvalue weighted by atomic mass is 9.93. The SMILES string of the molecule is CCNC(=NCC(C)(C)C(=O)NC)NC1CCc2nc(COC)nn2C1. The van der Waals surface area contributed by atoms with Crippen molar-refractivity contribution in [3.8, 4) is 0 Å². The van der Waals surface area contributed by atoms with Crippen LogP contribution in [0.4, 0.5) is 0 Å². The van der Waals surface area contributed by atoms with Crippen LogP contribution in [0.25, 0.3) is 0 Å². The van der Waals surface area contributed by atoms with Crippen molar-refractivity contribution in [1.82, 2.24) is 30.7 Å². The number of carbonyl (C=O) groups is 1. The molecular formula is C17H31N7O2. The molecule has 9 nitrogen and oxygen atoms in total. The number of hydrogen-bond donors (Lipinski definition) is 3. The first-order chi connectivity index (χ1) is 12.4. The normalized spacial score (nSPS) is 17.6. The maximum Gasteiger partial charge on any atom is 0.227 e. The Morgan fingerprint density at radius 3 is 2.88 bits per heavy atom. The molecule has 1 aromatic heterocycles. The summed E-state index contributed by atoms with van der Waals surface area (Å²) in [6.45, 7) is 8.12. The molecule has 0 aliphatic carbocycles. The first-order valence-corrected chi connectivity index (χ1v) is 9.08. The van der Waals surface area contributed by atoms with Gasteiger partial charge in [0.05, 0.1) is 18.5 Å². The molecule has 1 aromatic rings.